The molecule has 0 fully saturated rings. The van der Waals surface area contributed by atoms with Gasteiger partial charge < -0.3 is 19.7 Å². The number of para-hydroxylation sites is 1. The van der Waals surface area contributed by atoms with Crippen molar-refractivity contribution in [3.8, 4) is 5.75 Å². The van der Waals surface area contributed by atoms with Gasteiger partial charge in [0.1, 0.15) is 6.54 Å². The Bertz CT molecular complexity index is 1300. The maximum absolute atomic E-state index is 13.1. The summed E-state index contributed by atoms with van der Waals surface area (Å²) in [5.74, 6) is -0.773. The Morgan fingerprint density at radius 1 is 1.07 bits per heavy atom. The molecule has 4 aromatic rings. The molecule has 4 rings (SSSR count). The van der Waals surface area contributed by atoms with Crippen LogP contribution in [0.3, 0.4) is 0 Å². The summed E-state index contributed by atoms with van der Waals surface area (Å²) in [7, 11) is 1.44. The average Bonchev–Trinajstić information content (AvgIpc) is 2.71. The van der Waals surface area contributed by atoms with Gasteiger partial charge in [-0.05, 0) is 42.5 Å². The van der Waals surface area contributed by atoms with Crippen LogP contribution < -0.4 is 15.5 Å². The van der Waals surface area contributed by atoms with Crippen molar-refractivity contribution in [2.45, 2.75) is 6.54 Å². The summed E-state index contributed by atoms with van der Waals surface area (Å²) in [6.07, 6.45) is 0. The van der Waals surface area contributed by atoms with Crippen molar-refractivity contribution in [2.75, 3.05) is 12.4 Å². The zero-order chi connectivity index (χ0) is 20.5. The van der Waals surface area contributed by atoms with Gasteiger partial charge in [0.25, 0.3) is 0 Å². The number of carboxylic acids is 1. The highest BCUT2D eigenvalue weighted by molar-refractivity contribution is 6.33. The van der Waals surface area contributed by atoms with Crippen molar-refractivity contribution >= 4 is 50.8 Å². The van der Waals surface area contributed by atoms with Crippen molar-refractivity contribution in [2.24, 2.45) is 0 Å². The van der Waals surface area contributed by atoms with Gasteiger partial charge in [-0.2, -0.15) is 0 Å². The highest BCUT2D eigenvalue weighted by atomic mass is 35.5. The summed E-state index contributed by atoms with van der Waals surface area (Å²) in [5, 5.41) is 13.8. The number of nitrogens with one attached hydrogen (secondary N) is 1. The first-order chi connectivity index (χ1) is 14.0. The monoisotopic (exact) mass is 408 g/mol. The molecule has 146 valence electrons. The number of methoxy groups -OCH3 is 1. The molecule has 0 saturated carbocycles. The molecule has 0 amide bonds. The summed E-state index contributed by atoms with van der Waals surface area (Å²) in [5.41, 5.74) is 2.23. The lowest BCUT2D eigenvalue weighted by molar-refractivity contribution is -0.137. The zero-order valence-electron chi connectivity index (χ0n) is 15.5. The number of rotatable bonds is 5. The third-order valence-electron chi connectivity index (χ3n) is 4.69. The Kier molecular flexibility index (Phi) is 4.86. The number of ether oxygens (including phenoxy) is 1. The van der Waals surface area contributed by atoms with E-state index in [-0.39, 0.29) is 17.7 Å². The third-order valence-corrected chi connectivity index (χ3v) is 4.99. The van der Waals surface area contributed by atoms with Crippen molar-refractivity contribution in [1.29, 1.82) is 0 Å². The number of fused-ring (bicyclic) bond motifs is 2. The van der Waals surface area contributed by atoms with E-state index >= 15 is 0 Å². The van der Waals surface area contributed by atoms with E-state index in [4.69, 9.17) is 16.3 Å². The van der Waals surface area contributed by atoms with E-state index in [1.165, 1.54) is 7.11 Å². The van der Waals surface area contributed by atoms with E-state index in [0.29, 0.717) is 26.8 Å². The average molecular weight is 409 g/mol. The first kappa shape index (κ1) is 18.8. The van der Waals surface area contributed by atoms with Crippen LogP contribution in [0.1, 0.15) is 0 Å². The summed E-state index contributed by atoms with van der Waals surface area (Å²) < 4.78 is 6.96. The molecule has 0 aliphatic carbocycles. The lowest BCUT2D eigenvalue weighted by Crippen LogP contribution is -2.17. The molecule has 0 bridgehead atoms. The number of benzene rings is 3. The van der Waals surface area contributed by atoms with Gasteiger partial charge in [0.15, 0.2) is 11.2 Å². The minimum atomic E-state index is -1.04. The molecule has 0 atom stereocenters. The molecule has 0 saturated heterocycles. The Hall–Kier alpha value is -3.51. The third kappa shape index (κ3) is 3.39. The number of aromatic nitrogens is 1. The summed E-state index contributed by atoms with van der Waals surface area (Å²) >= 11 is 6.25. The van der Waals surface area contributed by atoms with Crippen LogP contribution in [0.4, 0.5) is 11.4 Å². The second kappa shape index (κ2) is 7.48. The highest BCUT2D eigenvalue weighted by Gasteiger charge is 2.18. The number of carboxylic acid groups (broad SMARTS) is 1. The van der Waals surface area contributed by atoms with E-state index in [2.05, 4.69) is 5.32 Å². The topological polar surface area (TPSA) is 80.6 Å². The molecule has 1 heterocycles. The van der Waals surface area contributed by atoms with Gasteiger partial charge in [-0.3, -0.25) is 9.59 Å². The van der Waals surface area contributed by atoms with Crippen LogP contribution in [0.2, 0.25) is 5.02 Å². The number of nitrogens with zero attached hydrogens (tertiary/aromatic N) is 1. The summed E-state index contributed by atoms with van der Waals surface area (Å²) in [4.78, 5) is 24.7. The van der Waals surface area contributed by atoms with Crippen LogP contribution in [0.25, 0.3) is 21.8 Å². The zero-order valence-corrected chi connectivity index (χ0v) is 16.2. The normalized spacial score (nSPS) is 11.0. The number of aliphatic carboxylic acids is 1. The molecule has 0 aliphatic rings. The standard InChI is InChI=1S/C22H17ClN2O4/c1-29-22-17(23)10-9-16-20(22)25(12-19(26)27)18-11-14(7-8-15(18)21(16)28)24-13-5-3-2-4-6-13/h2-11,24H,12H2,1H3,(H,26,27). The SMILES string of the molecule is COc1c(Cl)ccc2c(=O)c3ccc(Nc4ccccc4)cc3n(CC(=O)O)c12. The van der Waals surface area contributed by atoms with Crippen LogP contribution in [0, 0.1) is 0 Å². The Morgan fingerprint density at radius 2 is 1.79 bits per heavy atom. The van der Waals surface area contributed by atoms with Gasteiger partial charge >= 0.3 is 5.97 Å². The van der Waals surface area contributed by atoms with Crippen LogP contribution >= 0.6 is 11.6 Å². The van der Waals surface area contributed by atoms with Gasteiger partial charge in [-0.25, -0.2) is 0 Å². The number of carbonyl (C=O) groups is 1. The van der Waals surface area contributed by atoms with Crippen molar-refractivity contribution in [1.82, 2.24) is 4.57 Å². The predicted molar refractivity (Wildman–Crippen MR) is 115 cm³/mol. The fourth-order valence-electron chi connectivity index (χ4n) is 3.47. The number of hydrogen-bond acceptors (Lipinski definition) is 4. The van der Waals surface area contributed by atoms with E-state index in [1.54, 1.807) is 34.9 Å². The second-order valence-corrected chi connectivity index (χ2v) is 6.92. The van der Waals surface area contributed by atoms with Crippen LogP contribution in [-0.4, -0.2) is 22.8 Å². The molecule has 0 unspecified atom stereocenters. The number of pyridine rings is 1. The number of anilines is 2. The molecule has 1 aromatic heterocycles. The lowest BCUT2D eigenvalue weighted by Gasteiger charge is -2.17. The van der Waals surface area contributed by atoms with Crippen molar-refractivity contribution in [3.05, 3.63) is 75.9 Å². The van der Waals surface area contributed by atoms with Crippen LogP contribution in [-0.2, 0) is 11.3 Å². The van der Waals surface area contributed by atoms with Gasteiger partial charge in [-0.15, -0.1) is 0 Å². The smallest absolute Gasteiger partial charge is 0.323 e. The molecule has 2 N–H and O–H groups in total. The highest BCUT2D eigenvalue weighted by Crippen LogP contribution is 2.34. The lowest BCUT2D eigenvalue weighted by atomic mass is 10.1. The molecule has 29 heavy (non-hydrogen) atoms. The minimum absolute atomic E-state index is 0.210. The molecular weight excluding hydrogens is 392 g/mol. The van der Waals surface area contributed by atoms with Crippen LogP contribution in [0.5, 0.6) is 5.75 Å². The van der Waals surface area contributed by atoms with E-state index < -0.39 is 5.97 Å². The molecule has 0 aliphatic heterocycles. The molecular formula is C22H17ClN2O4. The Morgan fingerprint density at radius 3 is 2.48 bits per heavy atom. The number of hydrogen-bond donors (Lipinski definition) is 2. The molecule has 3 aromatic carbocycles. The number of halogens is 1. The van der Waals surface area contributed by atoms with E-state index in [1.807, 2.05) is 30.3 Å². The maximum atomic E-state index is 13.1. The Labute approximate surface area is 170 Å². The van der Waals surface area contributed by atoms with Crippen molar-refractivity contribution < 1.29 is 14.6 Å². The molecule has 6 nitrogen and oxygen atoms in total. The first-order valence-electron chi connectivity index (χ1n) is 8.86. The molecule has 7 heteroatoms. The van der Waals surface area contributed by atoms with Gasteiger partial charge in [0, 0.05) is 16.8 Å². The quantitative estimate of drug-likeness (QED) is 0.470. The Balaban J connectivity index is 2.05. The fourth-order valence-corrected chi connectivity index (χ4v) is 3.70. The largest absolute Gasteiger partial charge is 0.493 e. The first-order valence-corrected chi connectivity index (χ1v) is 9.24. The van der Waals surface area contributed by atoms with Gasteiger partial charge in [0.05, 0.1) is 28.6 Å². The minimum Gasteiger partial charge on any atom is -0.493 e. The maximum Gasteiger partial charge on any atom is 0.323 e. The van der Waals surface area contributed by atoms with Crippen LogP contribution in [0.15, 0.2) is 65.5 Å². The summed E-state index contributed by atoms with van der Waals surface area (Å²) in [6, 6.07) is 18.0. The summed E-state index contributed by atoms with van der Waals surface area (Å²) in [6.45, 7) is -0.348. The van der Waals surface area contributed by atoms with Gasteiger partial charge in [-0.1, -0.05) is 29.8 Å². The molecule has 0 spiro atoms. The van der Waals surface area contributed by atoms with E-state index in [9.17, 15) is 14.7 Å². The van der Waals surface area contributed by atoms with Gasteiger partial charge in [0.2, 0.25) is 0 Å². The second-order valence-electron chi connectivity index (χ2n) is 6.51. The molecule has 0 radical (unpaired) electrons. The predicted octanol–water partition coefficient (Wildman–Crippen LogP) is 4.64. The van der Waals surface area contributed by atoms with E-state index in [0.717, 1.165) is 11.4 Å². The fraction of sp³-hybridized carbons (Fsp3) is 0.0909. The van der Waals surface area contributed by atoms with Crippen molar-refractivity contribution in [3.63, 3.8) is 0 Å².